The van der Waals surface area contributed by atoms with Gasteiger partial charge in [0, 0.05) is 52.0 Å². The van der Waals surface area contributed by atoms with Gasteiger partial charge in [-0.2, -0.15) is 0 Å². The number of nitrogens with zero attached hydrogens (tertiary/aromatic N) is 3. The first-order chi connectivity index (χ1) is 16.5. The van der Waals surface area contributed by atoms with Gasteiger partial charge in [0.25, 0.3) is 0 Å². The van der Waals surface area contributed by atoms with Crippen LogP contribution in [0.2, 0.25) is 0 Å². The fourth-order valence-corrected chi connectivity index (χ4v) is 5.93. The van der Waals surface area contributed by atoms with Crippen molar-refractivity contribution in [2.75, 3.05) is 45.2 Å². The van der Waals surface area contributed by atoms with Gasteiger partial charge in [0.15, 0.2) is 0 Å². The zero-order valence-electron chi connectivity index (χ0n) is 20.4. The van der Waals surface area contributed by atoms with Crippen LogP contribution in [0.25, 0.3) is 0 Å². The lowest BCUT2D eigenvalue weighted by molar-refractivity contribution is -0.135. The van der Waals surface area contributed by atoms with E-state index in [2.05, 4.69) is 58.6 Å². The Morgan fingerprint density at radius 1 is 0.971 bits per heavy atom. The molecule has 6 heteroatoms. The van der Waals surface area contributed by atoms with Crippen LogP contribution in [-0.4, -0.2) is 67.9 Å². The molecule has 1 saturated heterocycles. The van der Waals surface area contributed by atoms with E-state index in [1.807, 2.05) is 24.1 Å². The summed E-state index contributed by atoms with van der Waals surface area (Å²) in [6.45, 7) is 4.10. The number of nitrogens with one attached hydrogen (secondary N) is 1. The van der Waals surface area contributed by atoms with E-state index in [4.69, 9.17) is 0 Å². The normalized spacial score (nSPS) is 25.6. The molecule has 1 N–H and O–H groups in total. The number of rotatable bonds is 5. The standard InChI is InChI=1S/C28H36N4O2/c1-30-15-16-32(19-26(30)33)24-11-7-20(8-12-24)18-31(2)23-13-9-21(10-14-23)27-25-6-4-3-5-22(25)17-29-28(27)34/h3-6,9-10,13-14,20,24,27H,7-8,11-12,15-19H2,1-2H3,(H,29,34). The Labute approximate surface area is 202 Å². The van der Waals surface area contributed by atoms with Crippen LogP contribution in [0.3, 0.4) is 0 Å². The number of anilines is 1. The number of benzene rings is 2. The molecular weight excluding hydrogens is 424 g/mol. The fraction of sp³-hybridized carbons (Fsp3) is 0.500. The molecule has 2 amide bonds. The van der Waals surface area contributed by atoms with Crippen LogP contribution >= 0.6 is 0 Å². The maximum absolute atomic E-state index is 12.7. The van der Waals surface area contributed by atoms with Crippen LogP contribution in [-0.2, 0) is 16.1 Å². The highest BCUT2D eigenvalue weighted by Crippen LogP contribution is 2.33. The van der Waals surface area contributed by atoms with Gasteiger partial charge in [0.2, 0.25) is 11.8 Å². The van der Waals surface area contributed by atoms with Crippen LogP contribution in [0.4, 0.5) is 5.69 Å². The van der Waals surface area contributed by atoms with Gasteiger partial charge < -0.3 is 15.1 Å². The number of carbonyl (C=O) groups excluding carboxylic acids is 2. The Balaban J connectivity index is 1.17. The van der Waals surface area contributed by atoms with E-state index in [-0.39, 0.29) is 17.7 Å². The van der Waals surface area contributed by atoms with Gasteiger partial charge >= 0.3 is 0 Å². The molecule has 0 aromatic heterocycles. The largest absolute Gasteiger partial charge is 0.374 e. The zero-order chi connectivity index (χ0) is 23.7. The third kappa shape index (κ3) is 4.69. The summed E-state index contributed by atoms with van der Waals surface area (Å²) >= 11 is 0. The van der Waals surface area contributed by atoms with Crippen LogP contribution in [0.15, 0.2) is 48.5 Å². The van der Waals surface area contributed by atoms with E-state index in [0.29, 0.717) is 25.0 Å². The topological polar surface area (TPSA) is 55.9 Å². The van der Waals surface area contributed by atoms with Gasteiger partial charge in [-0.15, -0.1) is 0 Å². The van der Waals surface area contributed by atoms with E-state index in [1.165, 1.54) is 36.9 Å². The number of hydrogen-bond acceptors (Lipinski definition) is 4. The molecule has 2 aromatic rings. The van der Waals surface area contributed by atoms with Crippen molar-refractivity contribution in [2.24, 2.45) is 5.92 Å². The second kappa shape index (κ2) is 9.79. The maximum Gasteiger partial charge on any atom is 0.236 e. The summed E-state index contributed by atoms with van der Waals surface area (Å²) in [5, 5.41) is 3.04. The number of fused-ring (bicyclic) bond motifs is 1. The number of likely N-dealkylation sites (N-methyl/N-ethyl adjacent to an activating group) is 1. The summed E-state index contributed by atoms with van der Waals surface area (Å²) in [5.74, 6) is 0.783. The van der Waals surface area contributed by atoms with E-state index in [0.717, 1.165) is 30.8 Å². The van der Waals surface area contributed by atoms with E-state index in [1.54, 1.807) is 0 Å². The molecule has 1 unspecified atom stereocenters. The summed E-state index contributed by atoms with van der Waals surface area (Å²) < 4.78 is 0. The van der Waals surface area contributed by atoms with Gasteiger partial charge in [0.1, 0.15) is 0 Å². The molecule has 1 saturated carbocycles. The number of amides is 2. The Morgan fingerprint density at radius 3 is 2.44 bits per heavy atom. The van der Waals surface area contributed by atoms with Crippen LogP contribution in [0.1, 0.15) is 48.3 Å². The fourth-order valence-electron chi connectivity index (χ4n) is 5.93. The maximum atomic E-state index is 12.7. The van der Waals surface area contributed by atoms with Gasteiger partial charge in [-0.05, 0) is 60.4 Å². The number of piperazine rings is 1. The highest BCUT2D eigenvalue weighted by atomic mass is 16.2. The van der Waals surface area contributed by atoms with Gasteiger partial charge in [-0.3, -0.25) is 14.5 Å². The molecule has 2 heterocycles. The molecule has 180 valence electrons. The molecule has 0 radical (unpaired) electrons. The summed E-state index contributed by atoms with van der Waals surface area (Å²) in [6, 6.07) is 17.3. The highest BCUT2D eigenvalue weighted by Gasteiger charge is 2.31. The van der Waals surface area contributed by atoms with E-state index in [9.17, 15) is 9.59 Å². The van der Waals surface area contributed by atoms with Crippen molar-refractivity contribution >= 4 is 17.5 Å². The molecule has 0 spiro atoms. The van der Waals surface area contributed by atoms with E-state index < -0.39 is 0 Å². The zero-order valence-corrected chi connectivity index (χ0v) is 20.4. The van der Waals surface area contributed by atoms with Gasteiger partial charge in [-0.1, -0.05) is 36.4 Å². The van der Waals surface area contributed by atoms with Crippen LogP contribution < -0.4 is 10.2 Å². The lowest BCUT2D eigenvalue weighted by Gasteiger charge is -2.41. The first-order valence-corrected chi connectivity index (χ1v) is 12.6. The second-order valence-electron chi connectivity index (χ2n) is 10.3. The molecule has 0 bridgehead atoms. The molecule has 2 aliphatic heterocycles. The first kappa shape index (κ1) is 22.9. The van der Waals surface area contributed by atoms with Crippen molar-refractivity contribution in [1.82, 2.24) is 15.1 Å². The molecular formula is C28H36N4O2. The SMILES string of the molecule is CN1CCN(C2CCC(CN(C)c3ccc(C4C(=O)NCc5ccccc54)cc3)CC2)CC1=O. The third-order valence-corrected chi connectivity index (χ3v) is 8.10. The summed E-state index contributed by atoms with van der Waals surface area (Å²) in [7, 11) is 4.07. The summed E-state index contributed by atoms with van der Waals surface area (Å²) in [4.78, 5) is 31.3. The Bertz CT molecular complexity index is 1030. The monoisotopic (exact) mass is 460 g/mol. The lowest BCUT2D eigenvalue weighted by Crippen LogP contribution is -2.53. The van der Waals surface area contributed by atoms with Crippen molar-refractivity contribution < 1.29 is 9.59 Å². The Morgan fingerprint density at radius 2 is 1.71 bits per heavy atom. The number of hydrogen-bond donors (Lipinski definition) is 1. The average molecular weight is 461 g/mol. The average Bonchev–Trinajstić information content (AvgIpc) is 2.86. The minimum Gasteiger partial charge on any atom is -0.374 e. The molecule has 6 nitrogen and oxygen atoms in total. The molecule has 3 aliphatic rings. The second-order valence-corrected chi connectivity index (χ2v) is 10.3. The minimum atomic E-state index is -0.235. The third-order valence-electron chi connectivity index (χ3n) is 8.10. The van der Waals surface area contributed by atoms with Crippen molar-refractivity contribution in [3.05, 3.63) is 65.2 Å². The molecule has 1 atom stereocenters. The highest BCUT2D eigenvalue weighted by molar-refractivity contribution is 5.89. The Hall–Kier alpha value is -2.86. The quantitative estimate of drug-likeness (QED) is 0.745. The molecule has 2 aromatic carbocycles. The van der Waals surface area contributed by atoms with E-state index >= 15 is 0 Å². The lowest BCUT2D eigenvalue weighted by atomic mass is 9.84. The summed E-state index contributed by atoms with van der Waals surface area (Å²) in [6.07, 6.45) is 4.80. The summed E-state index contributed by atoms with van der Waals surface area (Å²) in [5.41, 5.74) is 4.56. The van der Waals surface area contributed by atoms with Crippen molar-refractivity contribution in [1.29, 1.82) is 0 Å². The minimum absolute atomic E-state index is 0.0821. The van der Waals surface area contributed by atoms with Crippen LogP contribution in [0, 0.1) is 5.92 Å². The van der Waals surface area contributed by atoms with Crippen molar-refractivity contribution in [2.45, 2.75) is 44.2 Å². The predicted molar refractivity (Wildman–Crippen MR) is 135 cm³/mol. The predicted octanol–water partition coefficient (Wildman–Crippen LogP) is 3.22. The Kier molecular flexibility index (Phi) is 6.59. The first-order valence-electron chi connectivity index (χ1n) is 12.6. The van der Waals surface area contributed by atoms with Crippen LogP contribution in [0.5, 0.6) is 0 Å². The molecule has 2 fully saturated rings. The van der Waals surface area contributed by atoms with Crippen molar-refractivity contribution in [3.63, 3.8) is 0 Å². The molecule has 1 aliphatic carbocycles. The van der Waals surface area contributed by atoms with Gasteiger partial charge in [-0.25, -0.2) is 0 Å². The number of carbonyl (C=O) groups is 2. The molecule has 5 rings (SSSR count). The molecule has 34 heavy (non-hydrogen) atoms. The van der Waals surface area contributed by atoms with Crippen molar-refractivity contribution in [3.8, 4) is 0 Å². The van der Waals surface area contributed by atoms with Gasteiger partial charge in [0.05, 0.1) is 12.5 Å². The smallest absolute Gasteiger partial charge is 0.236 e.